The normalized spacial score (nSPS) is 10.6. The molecule has 0 unspecified atom stereocenters. The molecule has 0 aliphatic heterocycles. The predicted molar refractivity (Wildman–Crippen MR) is 64.3 cm³/mol. The van der Waals surface area contributed by atoms with Crippen molar-refractivity contribution in [3.63, 3.8) is 0 Å². The Morgan fingerprint density at radius 3 is 2.81 bits per heavy atom. The molecule has 1 aromatic heterocycles. The van der Waals surface area contributed by atoms with Crippen LogP contribution in [0.2, 0.25) is 0 Å². The second kappa shape index (κ2) is 5.44. The van der Waals surface area contributed by atoms with Crippen LogP contribution in [0.25, 0.3) is 5.69 Å². The van der Waals surface area contributed by atoms with Gasteiger partial charge in [-0.25, -0.2) is 4.68 Å². The van der Waals surface area contributed by atoms with Crippen molar-refractivity contribution in [3.05, 3.63) is 48.3 Å². The van der Waals surface area contributed by atoms with Crippen LogP contribution in [0.15, 0.2) is 42.7 Å². The summed E-state index contributed by atoms with van der Waals surface area (Å²) in [6.45, 7) is 2.30. The quantitative estimate of drug-likeness (QED) is 0.731. The van der Waals surface area contributed by atoms with Gasteiger partial charge in [-0.3, -0.25) is 0 Å². The molecule has 0 saturated heterocycles. The van der Waals surface area contributed by atoms with Crippen LogP contribution in [0.3, 0.4) is 0 Å². The molecule has 0 amide bonds. The molecule has 0 aliphatic rings. The van der Waals surface area contributed by atoms with Crippen LogP contribution in [0, 0.1) is 0 Å². The van der Waals surface area contributed by atoms with Gasteiger partial charge in [-0.1, -0.05) is 18.2 Å². The number of nitrogens with two attached hydrogens (primary N) is 1. The summed E-state index contributed by atoms with van der Waals surface area (Å²) in [5.41, 5.74) is 7.65. The molecule has 84 valence electrons. The molecule has 4 nitrogen and oxygen atoms in total. The predicted octanol–water partition coefficient (Wildman–Crippen LogP) is 0.921. The average Bonchev–Trinajstić information content (AvgIpc) is 2.79. The summed E-state index contributed by atoms with van der Waals surface area (Å²) in [6.07, 6.45) is 3.90. The van der Waals surface area contributed by atoms with Gasteiger partial charge in [0.2, 0.25) is 0 Å². The van der Waals surface area contributed by atoms with Gasteiger partial charge in [0.1, 0.15) is 0 Å². The summed E-state index contributed by atoms with van der Waals surface area (Å²) in [5.74, 6) is 0. The van der Waals surface area contributed by atoms with Crippen molar-refractivity contribution in [2.75, 3.05) is 13.1 Å². The van der Waals surface area contributed by atoms with E-state index in [2.05, 4.69) is 10.4 Å². The molecule has 2 aromatic rings. The minimum Gasteiger partial charge on any atom is -0.329 e. The van der Waals surface area contributed by atoms with Gasteiger partial charge in [-0.2, -0.15) is 5.10 Å². The number of hydrogen-bond acceptors (Lipinski definition) is 3. The second-order valence-corrected chi connectivity index (χ2v) is 3.59. The van der Waals surface area contributed by atoms with Crippen LogP contribution in [-0.2, 0) is 6.54 Å². The van der Waals surface area contributed by atoms with Crippen LogP contribution in [-0.4, -0.2) is 22.9 Å². The van der Waals surface area contributed by atoms with Crippen molar-refractivity contribution in [1.29, 1.82) is 0 Å². The minimum absolute atomic E-state index is 0.660. The van der Waals surface area contributed by atoms with Crippen LogP contribution in [0.5, 0.6) is 0 Å². The number of aromatic nitrogens is 2. The number of rotatable bonds is 5. The lowest BCUT2D eigenvalue weighted by Gasteiger charge is -2.00. The summed E-state index contributed by atoms with van der Waals surface area (Å²) in [5, 5.41) is 7.55. The molecule has 1 aromatic carbocycles. The van der Waals surface area contributed by atoms with E-state index in [1.807, 2.05) is 47.4 Å². The largest absolute Gasteiger partial charge is 0.329 e. The van der Waals surface area contributed by atoms with E-state index >= 15 is 0 Å². The molecule has 0 radical (unpaired) electrons. The molecule has 0 atom stereocenters. The van der Waals surface area contributed by atoms with Gasteiger partial charge in [-0.15, -0.1) is 0 Å². The highest BCUT2D eigenvalue weighted by atomic mass is 15.3. The molecule has 16 heavy (non-hydrogen) atoms. The second-order valence-electron chi connectivity index (χ2n) is 3.59. The maximum absolute atomic E-state index is 5.41. The lowest BCUT2D eigenvalue weighted by Crippen LogP contribution is -2.21. The monoisotopic (exact) mass is 216 g/mol. The van der Waals surface area contributed by atoms with E-state index in [0.717, 1.165) is 24.3 Å². The van der Waals surface area contributed by atoms with E-state index in [4.69, 9.17) is 5.73 Å². The van der Waals surface area contributed by atoms with E-state index < -0.39 is 0 Å². The van der Waals surface area contributed by atoms with Crippen molar-refractivity contribution >= 4 is 0 Å². The smallest absolute Gasteiger partial charge is 0.0645 e. The lowest BCUT2D eigenvalue weighted by molar-refractivity contribution is 0.695. The molecular weight excluding hydrogens is 200 g/mol. The van der Waals surface area contributed by atoms with Crippen LogP contribution >= 0.6 is 0 Å². The highest BCUT2D eigenvalue weighted by Gasteiger charge is 1.99. The minimum atomic E-state index is 0.660. The van der Waals surface area contributed by atoms with Crippen LogP contribution in [0.1, 0.15) is 5.56 Å². The van der Waals surface area contributed by atoms with Gasteiger partial charge in [0.15, 0.2) is 0 Å². The summed E-state index contributed by atoms with van der Waals surface area (Å²) in [6, 6.07) is 10.1. The van der Waals surface area contributed by atoms with Crippen molar-refractivity contribution in [2.45, 2.75) is 6.54 Å². The van der Waals surface area contributed by atoms with E-state index in [9.17, 15) is 0 Å². The Kier molecular flexibility index (Phi) is 3.69. The number of benzene rings is 1. The Balaban J connectivity index is 2.02. The molecule has 3 N–H and O–H groups in total. The first kappa shape index (κ1) is 10.9. The fourth-order valence-electron chi connectivity index (χ4n) is 1.51. The van der Waals surface area contributed by atoms with Crippen molar-refractivity contribution in [1.82, 2.24) is 15.1 Å². The zero-order chi connectivity index (χ0) is 11.2. The van der Waals surface area contributed by atoms with Gasteiger partial charge >= 0.3 is 0 Å². The standard InChI is InChI=1S/C12H16N4/c13-6-7-14-8-11-9-15-16(10-11)12-4-2-1-3-5-12/h1-5,9-10,14H,6-8,13H2. The molecule has 4 heteroatoms. The molecule has 0 saturated carbocycles. The Bertz CT molecular complexity index is 422. The SMILES string of the molecule is NCCNCc1cnn(-c2ccccc2)c1. The highest BCUT2D eigenvalue weighted by Crippen LogP contribution is 2.07. The summed E-state index contributed by atoms with van der Waals surface area (Å²) in [4.78, 5) is 0. The van der Waals surface area contributed by atoms with Crippen molar-refractivity contribution in [3.8, 4) is 5.69 Å². The molecule has 1 heterocycles. The topological polar surface area (TPSA) is 55.9 Å². The van der Waals surface area contributed by atoms with Gasteiger partial charge in [0.25, 0.3) is 0 Å². The molecule has 0 spiro atoms. The average molecular weight is 216 g/mol. The molecular formula is C12H16N4. The van der Waals surface area contributed by atoms with E-state index in [1.165, 1.54) is 0 Å². The van der Waals surface area contributed by atoms with E-state index in [0.29, 0.717) is 6.54 Å². The number of para-hydroxylation sites is 1. The summed E-state index contributed by atoms with van der Waals surface area (Å²) in [7, 11) is 0. The molecule has 0 bridgehead atoms. The van der Waals surface area contributed by atoms with Gasteiger partial charge in [-0.05, 0) is 12.1 Å². The number of nitrogens with one attached hydrogen (secondary N) is 1. The zero-order valence-electron chi connectivity index (χ0n) is 9.13. The van der Waals surface area contributed by atoms with Gasteiger partial charge in [0, 0.05) is 31.4 Å². The highest BCUT2D eigenvalue weighted by molar-refractivity contribution is 5.30. The third kappa shape index (κ3) is 2.68. The number of nitrogens with zero attached hydrogens (tertiary/aromatic N) is 2. The summed E-state index contributed by atoms with van der Waals surface area (Å²) < 4.78 is 1.87. The molecule has 0 aliphatic carbocycles. The van der Waals surface area contributed by atoms with Crippen LogP contribution in [0.4, 0.5) is 0 Å². The maximum Gasteiger partial charge on any atom is 0.0645 e. The third-order valence-corrected chi connectivity index (χ3v) is 2.31. The fraction of sp³-hybridized carbons (Fsp3) is 0.250. The molecule has 0 fully saturated rings. The first-order valence-corrected chi connectivity index (χ1v) is 5.40. The third-order valence-electron chi connectivity index (χ3n) is 2.31. The number of hydrogen-bond donors (Lipinski definition) is 2. The fourth-order valence-corrected chi connectivity index (χ4v) is 1.51. The zero-order valence-corrected chi connectivity index (χ0v) is 9.13. The Morgan fingerprint density at radius 1 is 1.25 bits per heavy atom. The first-order chi connectivity index (χ1) is 7.90. The van der Waals surface area contributed by atoms with Crippen molar-refractivity contribution < 1.29 is 0 Å². The Labute approximate surface area is 95.1 Å². The van der Waals surface area contributed by atoms with Gasteiger partial charge in [0.05, 0.1) is 11.9 Å². The van der Waals surface area contributed by atoms with Crippen LogP contribution < -0.4 is 11.1 Å². The Hall–Kier alpha value is -1.65. The van der Waals surface area contributed by atoms with Crippen molar-refractivity contribution in [2.24, 2.45) is 5.73 Å². The first-order valence-electron chi connectivity index (χ1n) is 5.40. The van der Waals surface area contributed by atoms with Gasteiger partial charge < -0.3 is 11.1 Å². The Morgan fingerprint density at radius 2 is 2.06 bits per heavy atom. The molecule has 2 rings (SSSR count). The lowest BCUT2D eigenvalue weighted by atomic mass is 10.3. The van der Waals surface area contributed by atoms with E-state index in [-0.39, 0.29) is 0 Å². The van der Waals surface area contributed by atoms with E-state index in [1.54, 1.807) is 0 Å². The summed E-state index contributed by atoms with van der Waals surface area (Å²) >= 11 is 0. The maximum atomic E-state index is 5.41.